The number of hydrogen-bond acceptors (Lipinski definition) is 3. The third kappa shape index (κ3) is 1.61. The molecule has 2 rings (SSSR count). The molecule has 1 heterocycles. The number of anilines is 1. The molecular formula is C11H14NO2. The Balaban J connectivity index is 2.27. The van der Waals surface area contributed by atoms with E-state index < -0.39 is 0 Å². The summed E-state index contributed by atoms with van der Waals surface area (Å²) in [5.41, 5.74) is 7.53. The van der Waals surface area contributed by atoms with Crippen LogP contribution in [-0.4, -0.2) is 12.4 Å². The molecule has 1 fully saturated rings. The van der Waals surface area contributed by atoms with Crippen LogP contribution in [0.4, 0.5) is 5.69 Å². The van der Waals surface area contributed by atoms with E-state index in [1.165, 1.54) is 0 Å². The standard InChI is InChI=1S/C11H14NO2/c1-7-11(14-8(2)13-7)9-5-3-4-6-10(9)12/h3-8,11H,1,12H2,2H3/t7-,8?,11+/m0/s1. The summed E-state index contributed by atoms with van der Waals surface area (Å²) in [5.74, 6) is 0. The van der Waals surface area contributed by atoms with Gasteiger partial charge in [0.2, 0.25) is 0 Å². The van der Waals surface area contributed by atoms with Crippen molar-refractivity contribution >= 4 is 5.69 Å². The van der Waals surface area contributed by atoms with Crippen molar-refractivity contribution in [1.82, 2.24) is 0 Å². The Hall–Kier alpha value is -1.06. The van der Waals surface area contributed by atoms with Crippen LogP contribution in [-0.2, 0) is 9.47 Å². The van der Waals surface area contributed by atoms with Crippen molar-refractivity contribution in [3.05, 3.63) is 36.8 Å². The van der Waals surface area contributed by atoms with Crippen LogP contribution in [0.5, 0.6) is 0 Å². The topological polar surface area (TPSA) is 44.5 Å². The molecule has 1 aromatic rings. The van der Waals surface area contributed by atoms with Gasteiger partial charge in [-0.25, -0.2) is 0 Å². The molecule has 75 valence electrons. The molecule has 1 radical (unpaired) electrons. The van der Waals surface area contributed by atoms with Crippen molar-refractivity contribution in [2.75, 3.05) is 5.73 Å². The first-order valence-corrected chi connectivity index (χ1v) is 4.67. The van der Waals surface area contributed by atoms with Crippen LogP contribution in [0.3, 0.4) is 0 Å². The van der Waals surface area contributed by atoms with Crippen molar-refractivity contribution in [2.45, 2.75) is 25.4 Å². The molecular weight excluding hydrogens is 178 g/mol. The van der Waals surface area contributed by atoms with Crippen LogP contribution < -0.4 is 5.73 Å². The SMILES string of the molecule is [CH2][C@@H]1OC(C)O[C@H]1c1ccccc1N. The Kier molecular flexibility index (Phi) is 2.44. The summed E-state index contributed by atoms with van der Waals surface area (Å²) in [6, 6.07) is 7.63. The number of para-hydroxylation sites is 1. The van der Waals surface area contributed by atoms with Gasteiger partial charge in [-0.2, -0.15) is 0 Å². The molecule has 1 saturated heterocycles. The molecule has 1 aromatic carbocycles. The maximum atomic E-state index is 5.84. The van der Waals surface area contributed by atoms with Gasteiger partial charge in [0.25, 0.3) is 0 Å². The fourth-order valence-electron chi connectivity index (χ4n) is 1.69. The van der Waals surface area contributed by atoms with Crippen molar-refractivity contribution in [3.63, 3.8) is 0 Å². The van der Waals surface area contributed by atoms with E-state index in [-0.39, 0.29) is 18.5 Å². The summed E-state index contributed by atoms with van der Waals surface area (Å²) < 4.78 is 11.0. The lowest BCUT2D eigenvalue weighted by Crippen LogP contribution is -2.12. The number of nitrogen functional groups attached to an aromatic ring is 1. The molecule has 1 unspecified atom stereocenters. The lowest BCUT2D eigenvalue weighted by atomic mass is 10.0. The van der Waals surface area contributed by atoms with Crippen LogP contribution in [0.1, 0.15) is 18.6 Å². The highest BCUT2D eigenvalue weighted by atomic mass is 16.7. The van der Waals surface area contributed by atoms with Gasteiger partial charge in [-0.05, 0) is 19.9 Å². The number of rotatable bonds is 1. The van der Waals surface area contributed by atoms with E-state index in [9.17, 15) is 0 Å². The fourth-order valence-corrected chi connectivity index (χ4v) is 1.69. The van der Waals surface area contributed by atoms with Gasteiger partial charge in [0.1, 0.15) is 6.10 Å². The fraction of sp³-hybridized carbons (Fsp3) is 0.364. The van der Waals surface area contributed by atoms with Crippen LogP contribution in [0.15, 0.2) is 24.3 Å². The number of nitrogens with two attached hydrogens (primary N) is 1. The van der Waals surface area contributed by atoms with Gasteiger partial charge >= 0.3 is 0 Å². The van der Waals surface area contributed by atoms with Gasteiger partial charge in [0, 0.05) is 11.3 Å². The molecule has 0 spiro atoms. The van der Waals surface area contributed by atoms with E-state index in [2.05, 4.69) is 6.92 Å². The Morgan fingerprint density at radius 2 is 2.00 bits per heavy atom. The minimum atomic E-state index is -0.206. The molecule has 3 heteroatoms. The first kappa shape index (κ1) is 9.49. The van der Waals surface area contributed by atoms with Crippen LogP contribution in [0, 0.1) is 6.92 Å². The maximum absolute atomic E-state index is 5.84. The second-order valence-electron chi connectivity index (χ2n) is 3.43. The predicted molar refractivity (Wildman–Crippen MR) is 54.4 cm³/mol. The van der Waals surface area contributed by atoms with Gasteiger partial charge in [-0.15, -0.1) is 0 Å². The molecule has 0 bridgehead atoms. The van der Waals surface area contributed by atoms with Crippen molar-refractivity contribution in [1.29, 1.82) is 0 Å². The molecule has 3 nitrogen and oxygen atoms in total. The van der Waals surface area contributed by atoms with Gasteiger partial charge in [0.05, 0.1) is 6.10 Å². The summed E-state index contributed by atoms with van der Waals surface area (Å²) in [7, 11) is 0. The molecule has 0 amide bonds. The quantitative estimate of drug-likeness (QED) is 0.691. The van der Waals surface area contributed by atoms with Gasteiger partial charge < -0.3 is 15.2 Å². The van der Waals surface area contributed by atoms with Crippen molar-refractivity contribution in [2.24, 2.45) is 0 Å². The average Bonchev–Trinajstić information content (AvgIpc) is 2.46. The Morgan fingerprint density at radius 1 is 1.29 bits per heavy atom. The van der Waals surface area contributed by atoms with Gasteiger partial charge in [0.15, 0.2) is 6.29 Å². The summed E-state index contributed by atoms with van der Waals surface area (Å²) in [6.07, 6.45) is -0.539. The third-order valence-electron chi connectivity index (χ3n) is 2.34. The summed E-state index contributed by atoms with van der Waals surface area (Å²) in [4.78, 5) is 0. The molecule has 0 aliphatic carbocycles. The van der Waals surface area contributed by atoms with Crippen LogP contribution in [0.2, 0.25) is 0 Å². The first-order chi connectivity index (χ1) is 6.68. The Morgan fingerprint density at radius 3 is 2.57 bits per heavy atom. The van der Waals surface area contributed by atoms with Crippen molar-refractivity contribution in [3.8, 4) is 0 Å². The largest absolute Gasteiger partial charge is 0.398 e. The molecule has 2 N–H and O–H groups in total. The van der Waals surface area contributed by atoms with Gasteiger partial charge in [-0.3, -0.25) is 0 Å². The molecule has 3 atom stereocenters. The second-order valence-corrected chi connectivity index (χ2v) is 3.43. The molecule has 1 aliphatic rings. The summed E-state index contributed by atoms with van der Waals surface area (Å²) in [5, 5.41) is 0. The summed E-state index contributed by atoms with van der Waals surface area (Å²) >= 11 is 0. The van der Waals surface area contributed by atoms with E-state index in [4.69, 9.17) is 15.2 Å². The average molecular weight is 192 g/mol. The summed E-state index contributed by atoms with van der Waals surface area (Å²) in [6.45, 7) is 5.74. The van der Waals surface area contributed by atoms with E-state index in [0.29, 0.717) is 0 Å². The van der Waals surface area contributed by atoms with E-state index in [1.807, 2.05) is 31.2 Å². The monoisotopic (exact) mass is 192 g/mol. The van der Waals surface area contributed by atoms with E-state index >= 15 is 0 Å². The maximum Gasteiger partial charge on any atom is 0.156 e. The number of ether oxygens (including phenoxy) is 2. The normalized spacial score (nSPS) is 32.0. The van der Waals surface area contributed by atoms with Crippen LogP contribution >= 0.6 is 0 Å². The second kappa shape index (κ2) is 3.59. The first-order valence-electron chi connectivity index (χ1n) is 4.67. The number of benzene rings is 1. The smallest absolute Gasteiger partial charge is 0.156 e. The van der Waals surface area contributed by atoms with E-state index in [0.717, 1.165) is 11.3 Å². The van der Waals surface area contributed by atoms with E-state index in [1.54, 1.807) is 0 Å². The Labute approximate surface area is 83.8 Å². The zero-order valence-electron chi connectivity index (χ0n) is 8.14. The van der Waals surface area contributed by atoms with Crippen LogP contribution in [0.25, 0.3) is 0 Å². The minimum Gasteiger partial charge on any atom is -0.398 e. The predicted octanol–water partition coefficient (Wildman–Crippen LogP) is 1.91. The zero-order valence-corrected chi connectivity index (χ0v) is 8.14. The third-order valence-corrected chi connectivity index (χ3v) is 2.34. The van der Waals surface area contributed by atoms with Crippen molar-refractivity contribution < 1.29 is 9.47 Å². The number of hydrogen-bond donors (Lipinski definition) is 1. The zero-order chi connectivity index (χ0) is 10.1. The highest BCUT2D eigenvalue weighted by Crippen LogP contribution is 2.34. The minimum absolute atomic E-state index is 0.147. The highest BCUT2D eigenvalue weighted by molar-refractivity contribution is 5.48. The lowest BCUT2D eigenvalue weighted by Gasteiger charge is -2.14. The molecule has 0 saturated carbocycles. The molecule has 1 aliphatic heterocycles. The molecule has 14 heavy (non-hydrogen) atoms. The Bertz CT molecular complexity index is 327. The highest BCUT2D eigenvalue weighted by Gasteiger charge is 2.32. The lowest BCUT2D eigenvalue weighted by molar-refractivity contribution is -0.0474. The molecule has 0 aromatic heterocycles. The van der Waals surface area contributed by atoms with Gasteiger partial charge in [-0.1, -0.05) is 18.2 Å².